The molecule has 38 heavy (non-hydrogen) atoms. The van der Waals surface area contributed by atoms with Crippen molar-refractivity contribution in [2.24, 2.45) is 0 Å². The van der Waals surface area contributed by atoms with Gasteiger partial charge in [-0.2, -0.15) is 0 Å². The van der Waals surface area contributed by atoms with Gasteiger partial charge in [0.2, 0.25) is 0 Å². The Balaban J connectivity index is 1.39. The lowest BCUT2D eigenvalue weighted by Gasteiger charge is -2.39. The molecule has 1 saturated heterocycles. The first kappa shape index (κ1) is 24.7. The van der Waals surface area contributed by atoms with Crippen molar-refractivity contribution in [1.29, 1.82) is 0 Å². The molecule has 0 amide bonds. The topological polar surface area (TPSA) is 95.8 Å². The minimum atomic E-state index is -0.373. The number of para-hydroxylation sites is 1. The molecule has 0 saturated carbocycles. The maximum atomic E-state index is 13.5. The van der Waals surface area contributed by atoms with Crippen LogP contribution >= 0.6 is 11.3 Å². The molecule has 0 bridgehead atoms. The summed E-state index contributed by atoms with van der Waals surface area (Å²) in [6.07, 6.45) is 0.858. The average molecular weight is 529 g/mol. The Hall–Kier alpha value is -3.63. The van der Waals surface area contributed by atoms with E-state index in [1.54, 1.807) is 11.3 Å². The summed E-state index contributed by atoms with van der Waals surface area (Å²) in [6.45, 7) is 11.6. The fourth-order valence-electron chi connectivity index (χ4n) is 5.16. The molecule has 0 aliphatic carbocycles. The SMILES string of the molecule is CCC(C)(C)n1nnnc1[C@H](c1cc2cc(C)ccc2[nH]c1=O)N1CCN(c2nc3ccccc3s2)CC1. The molecule has 10 heteroatoms. The standard InChI is InChI=1S/C28H32N8OS/c1-5-28(3,4)36-25(31-32-33-36)24(20-17-19-16-18(2)10-11-21(19)29-26(20)37)34-12-14-35(15-13-34)27-30-22-8-6-7-9-23(22)38-27/h6-11,16-17,24H,5,12-15H2,1-4H3,(H,29,37)/t24-/m0/s1. The van der Waals surface area contributed by atoms with Gasteiger partial charge in [-0.15, -0.1) is 5.10 Å². The van der Waals surface area contributed by atoms with Crippen molar-refractivity contribution in [3.05, 3.63) is 75.8 Å². The molecule has 0 unspecified atom stereocenters. The molecule has 9 nitrogen and oxygen atoms in total. The van der Waals surface area contributed by atoms with Gasteiger partial charge in [-0.05, 0) is 73.3 Å². The Bertz CT molecular complexity index is 1630. The monoisotopic (exact) mass is 528 g/mol. The molecule has 3 aromatic heterocycles. The van der Waals surface area contributed by atoms with Crippen LogP contribution in [0.1, 0.15) is 50.2 Å². The Labute approximate surface area is 225 Å². The highest BCUT2D eigenvalue weighted by Crippen LogP contribution is 2.33. The van der Waals surface area contributed by atoms with Crippen LogP contribution in [0.3, 0.4) is 0 Å². The van der Waals surface area contributed by atoms with E-state index in [0.29, 0.717) is 11.4 Å². The fraction of sp³-hybridized carbons (Fsp3) is 0.393. The molecule has 4 heterocycles. The van der Waals surface area contributed by atoms with E-state index in [4.69, 9.17) is 4.98 Å². The van der Waals surface area contributed by atoms with E-state index in [2.05, 4.69) is 82.3 Å². The smallest absolute Gasteiger partial charge is 0.253 e. The minimum Gasteiger partial charge on any atom is -0.345 e. The Kier molecular flexibility index (Phi) is 6.23. The van der Waals surface area contributed by atoms with Gasteiger partial charge in [0.15, 0.2) is 11.0 Å². The van der Waals surface area contributed by atoms with Gasteiger partial charge in [0.05, 0.1) is 15.8 Å². The van der Waals surface area contributed by atoms with Crippen LogP contribution in [0.25, 0.3) is 21.1 Å². The van der Waals surface area contributed by atoms with E-state index >= 15 is 0 Å². The Morgan fingerprint density at radius 1 is 1.08 bits per heavy atom. The van der Waals surface area contributed by atoms with Crippen LogP contribution in [0.15, 0.2) is 53.3 Å². The number of anilines is 1. The number of tetrazole rings is 1. The zero-order valence-corrected chi connectivity index (χ0v) is 23.0. The van der Waals surface area contributed by atoms with Crippen LogP contribution in [0, 0.1) is 6.92 Å². The van der Waals surface area contributed by atoms with Gasteiger partial charge in [0.25, 0.3) is 5.56 Å². The van der Waals surface area contributed by atoms with Crippen molar-refractivity contribution in [3.8, 4) is 0 Å². The second-order valence-corrected chi connectivity index (χ2v) is 11.7. The number of aromatic nitrogens is 6. The molecule has 5 aromatic rings. The van der Waals surface area contributed by atoms with Crippen LogP contribution in [-0.2, 0) is 5.54 Å². The van der Waals surface area contributed by atoms with Gasteiger partial charge in [0, 0.05) is 37.3 Å². The number of fused-ring (bicyclic) bond motifs is 2. The molecule has 1 aliphatic heterocycles. The van der Waals surface area contributed by atoms with Gasteiger partial charge in [-0.3, -0.25) is 9.69 Å². The number of piperazine rings is 1. The number of H-pyrrole nitrogens is 1. The van der Waals surface area contributed by atoms with E-state index in [0.717, 1.165) is 59.7 Å². The maximum absolute atomic E-state index is 13.5. The summed E-state index contributed by atoms with van der Waals surface area (Å²) in [5.74, 6) is 0.697. The number of nitrogens with zero attached hydrogens (tertiary/aromatic N) is 7. The van der Waals surface area contributed by atoms with Crippen molar-refractivity contribution in [1.82, 2.24) is 35.1 Å². The third-order valence-corrected chi connectivity index (χ3v) is 8.83. The molecular formula is C28H32N8OS. The molecule has 1 atom stereocenters. The first-order valence-electron chi connectivity index (χ1n) is 13.1. The molecule has 6 rings (SSSR count). The summed E-state index contributed by atoms with van der Waals surface area (Å²) >= 11 is 1.73. The van der Waals surface area contributed by atoms with Crippen LogP contribution in [0.5, 0.6) is 0 Å². The summed E-state index contributed by atoms with van der Waals surface area (Å²) in [5.41, 5.74) is 3.28. The zero-order valence-electron chi connectivity index (χ0n) is 22.2. The lowest BCUT2D eigenvalue weighted by atomic mass is 9.98. The van der Waals surface area contributed by atoms with Crippen molar-refractivity contribution < 1.29 is 0 Å². The van der Waals surface area contributed by atoms with Gasteiger partial charge in [-0.1, -0.05) is 42.0 Å². The maximum Gasteiger partial charge on any atom is 0.253 e. The number of aryl methyl sites for hydroxylation is 1. The number of benzene rings is 2. The molecule has 1 fully saturated rings. The van der Waals surface area contributed by atoms with E-state index in [-0.39, 0.29) is 17.1 Å². The number of thiazole rings is 1. The summed E-state index contributed by atoms with van der Waals surface area (Å²) in [5, 5.41) is 15.0. The number of pyridine rings is 1. The molecular weight excluding hydrogens is 496 g/mol. The molecule has 0 radical (unpaired) electrons. The molecule has 1 N–H and O–H groups in total. The quantitative estimate of drug-likeness (QED) is 0.347. The molecule has 1 aliphatic rings. The normalized spacial score (nSPS) is 15.9. The summed E-state index contributed by atoms with van der Waals surface area (Å²) in [4.78, 5) is 26.2. The van der Waals surface area contributed by atoms with Crippen LogP contribution in [0.2, 0.25) is 0 Å². The second-order valence-electron chi connectivity index (χ2n) is 10.6. The van der Waals surface area contributed by atoms with Crippen LogP contribution in [0.4, 0.5) is 5.13 Å². The lowest BCUT2D eigenvalue weighted by Crippen LogP contribution is -2.49. The molecule has 0 spiro atoms. The summed E-state index contributed by atoms with van der Waals surface area (Å²) in [6, 6.07) is 16.0. The predicted octanol–water partition coefficient (Wildman–Crippen LogP) is 4.49. The largest absolute Gasteiger partial charge is 0.345 e. The Morgan fingerprint density at radius 2 is 1.87 bits per heavy atom. The van der Waals surface area contributed by atoms with Crippen molar-refractivity contribution >= 4 is 37.6 Å². The highest BCUT2D eigenvalue weighted by Gasteiger charge is 2.36. The average Bonchev–Trinajstić information content (AvgIpc) is 3.58. The van der Waals surface area contributed by atoms with Gasteiger partial charge in [-0.25, -0.2) is 9.67 Å². The van der Waals surface area contributed by atoms with E-state index in [1.807, 2.05) is 28.9 Å². The highest BCUT2D eigenvalue weighted by atomic mass is 32.1. The van der Waals surface area contributed by atoms with E-state index in [1.165, 1.54) is 4.70 Å². The first-order valence-corrected chi connectivity index (χ1v) is 13.9. The fourth-order valence-corrected chi connectivity index (χ4v) is 6.17. The van der Waals surface area contributed by atoms with Gasteiger partial charge < -0.3 is 9.88 Å². The van der Waals surface area contributed by atoms with Gasteiger partial charge in [0.1, 0.15) is 6.04 Å². The van der Waals surface area contributed by atoms with E-state index < -0.39 is 0 Å². The van der Waals surface area contributed by atoms with Crippen molar-refractivity contribution in [3.63, 3.8) is 0 Å². The molecule has 2 aromatic carbocycles. The number of rotatable bonds is 6. The number of nitrogens with one attached hydrogen (secondary N) is 1. The molecule has 196 valence electrons. The minimum absolute atomic E-state index is 0.108. The number of aromatic amines is 1. The summed E-state index contributed by atoms with van der Waals surface area (Å²) in [7, 11) is 0. The highest BCUT2D eigenvalue weighted by molar-refractivity contribution is 7.22. The van der Waals surface area contributed by atoms with E-state index in [9.17, 15) is 4.79 Å². The Morgan fingerprint density at radius 3 is 2.63 bits per heavy atom. The van der Waals surface area contributed by atoms with Gasteiger partial charge >= 0.3 is 0 Å². The third-order valence-electron chi connectivity index (χ3n) is 7.73. The third kappa shape index (κ3) is 4.37. The van der Waals surface area contributed by atoms with Crippen LogP contribution in [-0.4, -0.2) is 61.3 Å². The number of hydrogen-bond acceptors (Lipinski definition) is 8. The number of hydrogen-bond donors (Lipinski definition) is 1. The van der Waals surface area contributed by atoms with Crippen LogP contribution < -0.4 is 10.5 Å². The first-order chi connectivity index (χ1) is 18.3. The van der Waals surface area contributed by atoms with Crippen molar-refractivity contribution in [2.75, 3.05) is 31.1 Å². The predicted molar refractivity (Wildman–Crippen MR) is 152 cm³/mol. The summed E-state index contributed by atoms with van der Waals surface area (Å²) < 4.78 is 3.10. The lowest BCUT2D eigenvalue weighted by molar-refractivity contribution is 0.186. The van der Waals surface area contributed by atoms with Crippen molar-refractivity contribution in [2.45, 2.75) is 45.7 Å². The second kappa shape index (κ2) is 9.59. The zero-order chi connectivity index (χ0) is 26.4.